The summed E-state index contributed by atoms with van der Waals surface area (Å²) in [7, 11) is 4.17. The van der Waals surface area contributed by atoms with Crippen molar-refractivity contribution in [3.05, 3.63) is 35.9 Å². The van der Waals surface area contributed by atoms with Crippen LogP contribution in [0, 0.1) is 5.92 Å². The number of likely N-dealkylation sites (tertiary alicyclic amines) is 1. The summed E-state index contributed by atoms with van der Waals surface area (Å²) in [6.45, 7) is 3.10. The SMILES string of the molecule is CN(C)CC[C@H]1CCN(C(=O)OCc2ccccc2)C1. The van der Waals surface area contributed by atoms with Crippen molar-refractivity contribution in [3.8, 4) is 0 Å². The second-order valence-corrected chi connectivity index (χ2v) is 5.73. The Kier molecular flexibility index (Phi) is 5.41. The van der Waals surface area contributed by atoms with Gasteiger partial charge in [-0.05, 0) is 45.0 Å². The molecule has 0 aromatic heterocycles. The molecule has 110 valence electrons. The van der Waals surface area contributed by atoms with Gasteiger partial charge in [0, 0.05) is 13.1 Å². The summed E-state index contributed by atoms with van der Waals surface area (Å²) in [5.41, 5.74) is 1.03. The van der Waals surface area contributed by atoms with Gasteiger partial charge >= 0.3 is 6.09 Å². The number of benzene rings is 1. The van der Waals surface area contributed by atoms with Crippen LogP contribution in [-0.2, 0) is 11.3 Å². The Morgan fingerprint density at radius 2 is 2.10 bits per heavy atom. The third-order valence-electron chi connectivity index (χ3n) is 3.73. The van der Waals surface area contributed by atoms with Crippen molar-refractivity contribution in [2.24, 2.45) is 5.92 Å². The molecule has 1 aliphatic rings. The van der Waals surface area contributed by atoms with Crippen molar-refractivity contribution >= 4 is 6.09 Å². The van der Waals surface area contributed by atoms with Crippen LogP contribution in [-0.4, -0.2) is 49.6 Å². The Balaban J connectivity index is 1.71. The average Bonchev–Trinajstić information content (AvgIpc) is 2.92. The Morgan fingerprint density at radius 1 is 1.35 bits per heavy atom. The molecule has 0 radical (unpaired) electrons. The molecule has 0 unspecified atom stereocenters. The number of nitrogens with zero attached hydrogens (tertiary/aromatic N) is 2. The molecule has 0 N–H and O–H groups in total. The first kappa shape index (κ1) is 14.9. The zero-order valence-corrected chi connectivity index (χ0v) is 12.4. The van der Waals surface area contributed by atoms with Crippen molar-refractivity contribution < 1.29 is 9.53 Å². The second kappa shape index (κ2) is 7.29. The van der Waals surface area contributed by atoms with Gasteiger partial charge < -0.3 is 14.5 Å². The van der Waals surface area contributed by atoms with Crippen molar-refractivity contribution in [2.45, 2.75) is 19.4 Å². The van der Waals surface area contributed by atoms with Gasteiger partial charge in [0.1, 0.15) is 6.61 Å². The number of amides is 1. The van der Waals surface area contributed by atoms with Crippen LogP contribution in [0.3, 0.4) is 0 Å². The molecule has 0 saturated carbocycles. The molecule has 1 aromatic carbocycles. The molecule has 2 rings (SSSR count). The maximum atomic E-state index is 12.0. The zero-order chi connectivity index (χ0) is 14.4. The Morgan fingerprint density at radius 3 is 2.80 bits per heavy atom. The van der Waals surface area contributed by atoms with E-state index in [9.17, 15) is 4.79 Å². The van der Waals surface area contributed by atoms with Crippen molar-refractivity contribution in [1.82, 2.24) is 9.80 Å². The second-order valence-electron chi connectivity index (χ2n) is 5.73. The van der Waals surface area contributed by atoms with E-state index in [1.54, 1.807) is 0 Å². The zero-order valence-electron chi connectivity index (χ0n) is 12.4. The summed E-state index contributed by atoms with van der Waals surface area (Å²) in [5, 5.41) is 0. The minimum atomic E-state index is -0.179. The van der Waals surface area contributed by atoms with Gasteiger partial charge in [-0.3, -0.25) is 0 Å². The predicted octanol–water partition coefficient (Wildman–Crippen LogP) is 2.60. The van der Waals surface area contributed by atoms with Crippen LogP contribution in [0.15, 0.2) is 30.3 Å². The highest BCUT2D eigenvalue weighted by Crippen LogP contribution is 2.20. The highest BCUT2D eigenvalue weighted by atomic mass is 16.6. The van der Waals surface area contributed by atoms with Gasteiger partial charge in [-0.15, -0.1) is 0 Å². The largest absolute Gasteiger partial charge is 0.445 e. The Hall–Kier alpha value is -1.55. The van der Waals surface area contributed by atoms with E-state index in [0.717, 1.165) is 38.0 Å². The van der Waals surface area contributed by atoms with E-state index in [2.05, 4.69) is 19.0 Å². The fourth-order valence-electron chi connectivity index (χ4n) is 2.49. The smallest absolute Gasteiger partial charge is 0.410 e. The third-order valence-corrected chi connectivity index (χ3v) is 3.73. The summed E-state index contributed by atoms with van der Waals surface area (Å²) >= 11 is 0. The number of hydrogen-bond donors (Lipinski definition) is 0. The summed E-state index contributed by atoms with van der Waals surface area (Å²) in [6, 6.07) is 9.81. The summed E-state index contributed by atoms with van der Waals surface area (Å²) in [6.07, 6.45) is 2.06. The van der Waals surface area contributed by atoms with E-state index in [1.165, 1.54) is 0 Å². The van der Waals surface area contributed by atoms with Crippen molar-refractivity contribution in [2.75, 3.05) is 33.7 Å². The van der Waals surface area contributed by atoms with Gasteiger partial charge in [0.2, 0.25) is 0 Å². The van der Waals surface area contributed by atoms with Crippen LogP contribution in [0.4, 0.5) is 4.79 Å². The predicted molar refractivity (Wildman–Crippen MR) is 79.5 cm³/mol. The quantitative estimate of drug-likeness (QED) is 0.828. The lowest BCUT2D eigenvalue weighted by atomic mass is 10.1. The summed E-state index contributed by atoms with van der Waals surface area (Å²) in [4.78, 5) is 16.0. The first-order chi connectivity index (χ1) is 9.65. The Labute approximate surface area is 121 Å². The van der Waals surface area contributed by atoms with E-state index < -0.39 is 0 Å². The van der Waals surface area contributed by atoms with Crippen LogP contribution >= 0.6 is 0 Å². The standard InChI is InChI=1S/C16H24N2O2/c1-17(2)10-8-14-9-11-18(12-14)16(19)20-13-15-6-4-3-5-7-15/h3-7,14H,8-13H2,1-2H3/t14-/m0/s1. The lowest BCUT2D eigenvalue weighted by molar-refractivity contribution is 0.103. The average molecular weight is 276 g/mol. The fourth-order valence-corrected chi connectivity index (χ4v) is 2.49. The van der Waals surface area contributed by atoms with E-state index >= 15 is 0 Å². The first-order valence-electron chi connectivity index (χ1n) is 7.25. The number of ether oxygens (including phenoxy) is 1. The molecule has 0 aliphatic carbocycles. The topological polar surface area (TPSA) is 32.8 Å². The molecule has 4 nitrogen and oxygen atoms in total. The molecule has 20 heavy (non-hydrogen) atoms. The molecular formula is C16H24N2O2. The molecule has 1 heterocycles. The minimum Gasteiger partial charge on any atom is -0.445 e. The molecular weight excluding hydrogens is 252 g/mol. The highest BCUT2D eigenvalue weighted by molar-refractivity contribution is 5.68. The highest BCUT2D eigenvalue weighted by Gasteiger charge is 2.26. The molecule has 1 saturated heterocycles. The molecule has 1 aliphatic heterocycles. The van der Waals surface area contributed by atoms with Crippen LogP contribution in [0.25, 0.3) is 0 Å². The molecule has 1 aromatic rings. The van der Waals surface area contributed by atoms with Crippen LogP contribution in [0.2, 0.25) is 0 Å². The van der Waals surface area contributed by atoms with Crippen molar-refractivity contribution in [1.29, 1.82) is 0 Å². The number of rotatable bonds is 5. The van der Waals surface area contributed by atoms with Crippen LogP contribution in [0.5, 0.6) is 0 Å². The molecule has 1 atom stereocenters. The normalized spacial score (nSPS) is 18.6. The summed E-state index contributed by atoms with van der Waals surface area (Å²) in [5.74, 6) is 0.613. The van der Waals surface area contributed by atoms with Gasteiger partial charge in [0.05, 0.1) is 0 Å². The van der Waals surface area contributed by atoms with Crippen LogP contribution < -0.4 is 0 Å². The lowest BCUT2D eigenvalue weighted by Crippen LogP contribution is -2.29. The van der Waals surface area contributed by atoms with E-state index in [0.29, 0.717) is 12.5 Å². The number of carbonyl (C=O) groups is 1. The van der Waals surface area contributed by atoms with Crippen LogP contribution in [0.1, 0.15) is 18.4 Å². The monoisotopic (exact) mass is 276 g/mol. The molecule has 1 amide bonds. The minimum absolute atomic E-state index is 0.179. The van der Waals surface area contributed by atoms with Gasteiger partial charge in [-0.25, -0.2) is 4.79 Å². The lowest BCUT2D eigenvalue weighted by Gasteiger charge is -2.17. The van der Waals surface area contributed by atoms with E-state index in [4.69, 9.17) is 4.74 Å². The number of hydrogen-bond acceptors (Lipinski definition) is 3. The Bertz CT molecular complexity index is 420. The molecule has 4 heteroatoms. The van der Waals surface area contributed by atoms with E-state index in [-0.39, 0.29) is 6.09 Å². The fraction of sp³-hybridized carbons (Fsp3) is 0.562. The maximum Gasteiger partial charge on any atom is 0.410 e. The van der Waals surface area contributed by atoms with Gasteiger partial charge in [-0.1, -0.05) is 30.3 Å². The van der Waals surface area contributed by atoms with Gasteiger partial charge in [-0.2, -0.15) is 0 Å². The summed E-state index contributed by atoms with van der Waals surface area (Å²) < 4.78 is 5.36. The maximum absolute atomic E-state index is 12.0. The van der Waals surface area contributed by atoms with Crippen molar-refractivity contribution in [3.63, 3.8) is 0 Å². The van der Waals surface area contributed by atoms with Gasteiger partial charge in [0.25, 0.3) is 0 Å². The molecule has 1 fully saturated rings. The van der Waals surface area contributed by atoms with Gasteiger partial charge in [0.15, 0.2) is 0 Å². The first-order valence-corrected chi connectivity index (χ1v) is 7.25. The van der Waals surface area contributed by atoms with E-state index in [1.807, 2.05) is 35.2 Å². The molecule has 0 spiro atoms. The molecule has 0 bridgehead atoms. The number of carbonyl (C=O) groups excluding carboxylic acids is 1. The third kappa shape index (κ3) is 4.53.